The molecule has 6 N–H and O–H groups in total. The fourth-order valence-electron chi connectivity index (χ4n) is 4.03. The number of carboxylic acid groups (broad SMARTS) is 2. The lowest BCUT2D eigenvalue weighted by Gasteiger charge is -2.31. The fraction of sp³-hybridized carbons (Fsp3) is 0.318. The summed E-state index contributed by atoms with van der Waals surface area (Å²) in [5, 5.41) is 41.5. The van der Waals surface area contributed by atoms with Gasteiger partial charge in [0.05, 0.1) is 12.9 Å². The average molecular weight is 520 g/mol. The zero-order valence-electron chi connectivity index (χ0n) is 18.6. The molecule has 1 fully saturated rings. The van der Waals surface area contributed by atoms with Gasteiger partial charge < -0.3 is 35.6 Å². The molecule has 4 atom stereocenters. The molecule has 14 heteroatoms. The van der Waals surface area contributed by atoms with Crippen LogP contribution in [-0.2, 0) is 25.5 Å². The van der Waals surface area contributed by atoms with Gasteiger partial charge in [-0.05, 0) is 17.2 Å². The molecular weight excluding hydrogens is 498 g/mol. The molecule has 0 radical (unpaired) electrons. The number of halogens is 1. The molecule has 36 heavy (non-hydrogen) atoms. The van der Waals surface area contributed by atoms with E-state index in [2.05, 4.69) is 21.5 Å². The third kappa shape index (κ3) is 4.16. The summed E-state index contributed by atoms with van der Waals surface area (Å²) in [5.74, 6) is -3.53. The van der Waals surface area contributed by atoms with Crippen molar-refractivity contribution in [3.63, 3.8) is 0 Å². The Bertz CT molecular complexity index is 1300. The van der Waals surface area contributed by atoms with Crippen LogP contribution in [0.3, 0.4) is 0 Å². The summed E-state index contributed by atoms with van der Waals surface area (Å²) >= 11 is 5.89. The van der Waals surface area contributed by atoms with Gasteiger partial charge in [-0.3, -0.25) is 4.57 Å². The van der Waals surface area contributed by atoms with Crippen LogP contribution in [-0.4, -0.2) is 81.9 Å². The van der Waals surface area contributed by atoms with Crippen molar-refractivity contribution < 1.29 is 39.5 Å². The van der Waals surface area contributed by atoms with E-state index in [1.165, 1.54) is 10.9 Å². The number of nitrogens with zero attached hydrogens (tertiary/aromatic N) is 4. The highest BCUT2D eigenvalue weighted by molar-refractivity contribution is 6.28. The van der Waals surface area contributed by atoms with E-state index < -0.39 is 54.6 Å². The van der Waals surface area contributed by atoms with Crippen LogP contribution in [0.25, 0.3) is 11.2 Å². The maximum atomic E-state index is 12.1. The number of aliphatic hydroxyl groups excluding tert-OH is 1. The molecule has 0 aliphatic carbocycles. The predicted molar refractivity (Wildman–Crippen MR) is 124 cm³/mol. The highest BCUT2D eigenvalue weighted by Gasteiger charge is 2.57. The van der Waals surface area contributed by atoms with Crippen molar-refractivity contribution in [2.45, 2.75) is 36.1 Å². The number of aromatic nitrogens is 4. The minimum absolute atomic E-state index is 0.0243. The smallest absolute Gasteiger partial charge is 0.348 e. The van der Waals surface area contributed by atoms with Gasteiger partial charge in [0.1, 0.15) is 23.3 Å². The van der Waals surface area contributed by atoms with Gasteiger partial charge in [-0.2, -0.15) is 9.97 Å². The lowest BCUT2D eigenvalue weighted by Crippen LogP contribution is -2.54. The summed E-state index contributed by atoms with van der Waals surface area (Å²) in [6.07, 6.45) is -2.70. The van der Waals surface area contributed by atoms with E-state index >= 15 is 0 Å². The van der Waals surface area contributed by atoms with Crippen LogP contribution >= 0.6 is 11.6 Å². The summed E-state index contributed by atoms with van der Waals surface area (Å²) < 4.78 is 12.5. The Kier molecular flexibility index (Phi) is 6.68. The Morgan fingerprint density at radius 3 is 2.56 bits per heavy atom. The molecule has 1 aliphatic rings. The summed E-state index contributed by atoms with van der Waals surface area (Å²) in [7, 11) is 0. The number of carboxylic acids is 2. The lowest BCUT2D eigenvalue weighted by atomic mass is 9.91. The van der Waals surface area contributed by atoms with Gasteiger partial charge in [-0.25, -0.2) is 14.6 Å². The molecule has 0 unspecified atom stereocenters. The van der Waals surface area contributed by atoms with Crippen LogP contribution in [0.4, 0.5) is 5.82 Å². The van der Waals surface area contributed by atoms with E-state index in [1.807, 2.05) is 0 Å². The second-order valence-corrected chi connectivity index (χ2v) is 8.50. The number of benzene rings is 1. The predicted octanol–water partition coefficient (Wildman–Crippen LogP) is 0.405. The quantitative estimate of drug-likeness (QED) is 0.148. The molecule has 3 aromatic rings. The maximum Gasteiger partial charge on any atom is 0.348 e. The Labute approximate surface area is 208 Å². The molecule has 2 aromatic heterocycles. The molecule has 1 aromatic carbocycles. The van der Waals surface area contributed by atoms with E-state index in [0.29, 0.717) is 5.56 Å². The van der Waals surface area contributed by atoms with Gasteiger partial charge in [0.2, 0.25) is 5.28 Å². The van der Waals surface area contributed by atoms with Crippen molar-refractivity contribution >= 4 is 40.5 Å². The van der Waals surface area contributed by atoms with Crippen molar-refractivity contribution in [3.05, 3.63) is 60.2 Å². The Morgan fingerprint density at radius 2 is 1.94 bits per heavy atom. The maximum absolute atomic E-state index is 12.1. The van der Waals surface area contributed by atoms with Crippen LogP contribution in [0.2, 0.25) is 5.28 Å². The van der Waals surface area contributed by atoms with E-state index in [1.54, 1.807) is 30.3 Å². The van der Waals surface area contributed by atoms with Crippen LogP contribution in [0, 0.1) is 0 Å². The SMILES string of the molecule is C=C[C@@]1(O)[C@@H](COC(Cc2ccccc2)(C(=O)O)C(=O)O)O[C@@H](n2cnc3c(N)nc(Cl)nc32)[C@@H]1O. The zero-order chi connectivity index (χ0) is 26.3. The number of rotatable bonds is 9. The first-order valence-electron chi connectivity index (χ1n) is 10.5. The molecule has 190 valence electrons. The number of hydrogen-bond acceptors (Lipinski definition) is 10. The molecule has 1 saturated heterocycles. The van der Waals surface area contributed by atoms with Crippen LogP contribution in [0.1, 0.15) is 11.8 Å². The Balaban J connectivity index is 1.65. The molecule has 0 spiro atoms. The highest BCUT2D eigenvalue weighted by atomic mass is 35.5. The van der Waals surface area contributed by atoms with Crippen molar-refractivity contribution in [1.29, 1.82) is 0 Å². The third-order valence-electron chi connectivity index (χ3n) is 6.05. The second kappa shape index (κ2) is 9.44. The summed E-state index contributed by atoms with van der Waals surface area (Å²) in [6, 6.07) is 8.05. The molecular formula is C22H22ClN5O8. The average Bonchev–Trinajstić information content (AvgIpc) is 3.36. The first-order valence-corrected chi connectivity index (χ1v) is 10.9. The van der Waals surface area contributed by atoms with Crippen LogP contribution < -0.4 is 5.73 Å². The van der Waals surface area contributed by atoms with Gasteiger partial charge in [0.25, 0.3) is 5.60 Å². The number of carbonyl (C=O) groups is 2. The number of aliphatic hydroxyl groups is 2. The van der Waals surface area contributed by atoms with Gasteiger partial charge in [0.15, 0.2) is 17.7 Å². The summed E-state index contributed by atoms with van der Waals surface area (Å²) in [5.41, 5.74) is 1.60. The fourth-order valence-corrected chi connectivity index (χ4v) is 4.20. The first-order chi connectivity index (χ1) is 17.0. The molecule has 3 heterocycles. The molecule has 1 aliphatic heterocycles. The third-order valence-corrected chi connectivity index (χ3v) is 6.22. The largest absolute Gasteiger partial charge is 0.479 e. The number of nitrogen functional groups attached to an aromatic ring is 1. The molecule has 0 amide bonds. The summed E-state index contributed by atoms with van der Waals surface area (Å²) in [6.45, 7) is 2.80. The van der Waals surface area contributed by atoms with Crippen molar-refractivity contribution in [2.24, 2.45) is 0 Å². The van der Waals surface area contributed by atoms with Gasteiger partial charge >= 0.3 is 11.9 Å². The van der Waals surface area contributed by atoms with E-state index in [-0.39, 0.29) is 22.3 Å². The van der Waals surface area contributed by atoms with E-state index in [0.717, 1.165) is 6.08 Å². The van der Waals surface area contributed by atoms with Gasteiger partial charge in [0, 0.05) is 6.42 Å². The number of nitrogens with two attached hydrogens (primary N) is 1. The van der Waals surface area contributed by atoms with Crippen molar-refractivity contribution in [1.82, 2.24) is 19.5 Å². The minimum atomic E-state index is -2.70. The van der Waals surface area contributed by atoms with Gasteiger partial charge in [-0.15, -0.1) is 6.58 Å². The topological polar surface area (TPSA) is 203 Å². The number of hydrogen-bond donors (Lipinski definition) is 5. The zero-order valence-corrected chi connectivity index (χ0v) is 19.3. The van der Waals surface area contributed by atoms with Crippen LogP contribution in [0.5, 0.6) is 0 Å². The molecule has 4 rings (SSSR count). The Morgan fingerprint density at radius 1 is 1.28 bits per heavy atom. The lowest BCUT2D eigenvalue weighted by molar-refractivity contribution is -0.191. The monoisotopic (exact) mass is 519 g/mol. The van der Waals surface area contributed by atoms with E-state index in [4.69, 9.17) is 26.8 Å². The molecule has 0 saturated carbocycles. The first kappa shape index (κ1) is 25.5. The van der Waals surface area contributed by atoms with E-state index in [9.17, 15) is 30.0 Å². The van der Waals surface area contributed by atoms with Crippen molar-refractivity contribution in [2.75, 3.05) is 12.3 Å². The molecule has 0 bridgehead atoms. The number of ether oxygens (including phenoxy) is 2. The summed E-state index contributed by atoms with van der Waals surface area (Å²) in [4.78, 5) is 36.1. The Hall–Kier alpha value is -3.62. The number of imidazole rings is 1. The minimum Gasteiger partial charge on any atom is -0.479 e. The number of anilines is 1. The molecule has 13 nitrogen and oxygen atoms in total. The van der Waals surface area contributed by atoms with Crippen molar-refractivity contribution in [3.8, 4) is 0 Å². The number of aliphatic carboxylic acids is 2. The second-order valence-electron chi connectivity index (χ2n) is 8.16. The standard InChI is InChI=1S/C22H22ClN5O8/c1-2-21(34)12(9-35-22(18(30)31,19(32)33)8-11-6-4-3-5-7-11)36-17(14(21)29)28-10-25-13-15(24)26-20(23)27-16(13)28/h2-7,10,12,14,17,29,34H,1,8-9H2,(H,30,31)(H,32,33)(H2,24,26,27)/t12-,14+,17-,21-/m1/s1. The van der Waals surface area contributed by atoms with Gasteiger partial charge in [-0.1, -0.05) is 36.4 Å². The highest BCUT2D eigenvalue weighted by Crippen LogP contribution is 2.40. The van der Waals surface area contributed by atoms with Crippen LogP contribution in [0.15, 0.2) is 49.3 Å². The number of fused-ring (bicyclic) bond motifs is 1. The normalized spacial score (nSPS) is 24.1.